The van der Waals surface area contributed by atoms with E-state index in [-0.39, 0.29) is 5.56 Å². The quantitative estimate of drug-likeness (QED) is 0.497. The standard InChI is InChI=1S/C14H14ClF3N4S/c1-19-20-7-10-12(14(16,17)18)21-22(2)13(10)23-8-9-5-3-4-6-11(9)15/h3-7,19H,8H2,1-2H3/b20-7+. The van der Waals surface area contributed by atoms with Crippen LogP contribution in [0.25, 0.3) is 0 Å². The highest BCUT2D eigenvalue weighted by Crippen LogP contribution is 2.36. The van der Waals surface area contributed by atoms with Gasteiger partial charge in [-0.3, -0.25) is 4.68 Å². The number of halogens is 4. The Morgan fingerprint density at radius 2 is 2.09 bits per heavy atom. The van der Waals surface area contributed by atoms with E-state index in [2.05, 4.69) is 15.6 Å². The van der Waals surface area contributed by atoms with Crippen molar-refractivity contribution in [2.45, 2.75) is 17.0 Å². The van der Waals surface area contributed by atoms with Gasteiger partial charge >= 0.3 is 6.18 Å². The molecule has 0 aliphatic heterocycles. The van der Waals surface area contributed by atoms with Gasteiger partial charge in [0.15, 0.2) is 5.69 Å². The highest BCUT2D eigenvalue weighted by molar-refractivity contribution is 7.98. The van der Waals surface area contributed by atoms with Crippen LogP contribution in [0.1, 0.15) is 16.8 Å². The van der Waals surface area contributed by atoms with Gasteiger partial charge in [0.05, 0.1) is 11.8 Å². The molecule has 0 aliphatic rings. The van der Waals surface area contributed by atoms with E-state index in [9.17, 15) is 13.2 Å². The van der Waals surface area contributed by atoms with Gasteiger partial charge < -0.3 is 5.43 Å². The highest BCUT2D eigenvalue weighted by Gasteiger charge is 2.38. The third-order valence-corrected chi connectivity index (χ3v) is 4.52. The molecule has 124 valence electrons. The zero-order chi connectivity index (χ0) is 17.0. The molecule has 0 saturated carbocycles. The number of rotatable bonds is 5. The Hall–Kier alpha value is -1.67. The molecule has 1 aromatic carbocycles. The molecule has 0 bridgehead atoms. The minimum absolute atomic E-state index is 0.0635. The smallest absolute Gasteiger partial charge is 0.313 e. The van der Waals surface area contributed by atoms with E-state index in [0.29, 0.717) is 15.8 Å². The molecule has 0 spiro atoms. The van der Waals surface area contributed by atoms with E-state index in [1.165, 1.54) is 30.5 Å². The number of alkyl halides is 3. The summed E-state index contributed by atoms with van der Waals surface area (Å²) < 4.78 is 40.5. The van der Waals surface area contributed by atoms with Crippen molar-refractivity contribution >= 4 is 29.6 Å². The molecular weight excluding hydrogens is 349 g/mol. The van der Waals surface area contributed by atoms with Crippen molar-refractivity contribution in [1.82, 2.24) is 15.2 Å². The summed E-state index contributed by atoms with van der Waals surface area (Å²) in [6.07, 6.45) is -3.42. The molecule has 0 aliphatic carbocycles. The fourth-order valence-electron chi connectivity index (χ4n) is 1.91. The summed E-state index contributed by atoms with van der Waals surface area (Å²) in [5.41, 5.74) is 2.27. The summed E-state index contributed by atoms with van der Waals surface area (Å²) in [5, 5.41) is 8.23. The molecule has 1 heterocycles. The number of aryl methyl sites for hydroxylation is 1. The number of hydrogen-bond donors (Lipinski definition) is 1. The van der Waals surface area contributed by atoms with Crippen LogP contribution in [0.2, 0.25) is 5.02 Å². The molecule has 2 aromatic rings. The zero-order valence-corrected chi connectivity index (χ0v) is 13.9. The lowest BCUT2D eigenvalue weighted by Gasteiger charge is -2.06. The highest BCUT2D eigenvalue weighted by atomic mass is 35.5. The molecule has 1 aromatic heterocycles. The van der Waals surface area contributed by atoms with Crippen molar-refractivity contribution in [1.29, 1.82) is 0 Å². The number of nitrogens with one attached hydrogen (secondary N) is 1. The van der Waals surface area contributed by atoms with Crippen LogP contribution in [-0.4, -0.2) is 23.0 Å². The number of hydrogen-bond acceptors (Lipinski definition) is 4. The Balaban J connectivity index is 2.36. The van der Waals surface area contributed by atoms with E-state index in [4.69, 9.17) is 11.6 Å². The Kier molecular flexibility index (Phi) is 5.59. The Morgan fingerprint density at radius 3 is 2.70 bits per heavy atom. The number of nitrogens with zero attached hydrogens (tertiary/aromatic N) is 3. The molecule has 0 amide bonds. The molecule has 0 radical (unpaired) electrons. The molecule has 23 heavy (non-hydrogen) atoms. The lowest BCUT2D eigenvalue weighted by atomic mass is 10.2. The van der Waals surface area contributed by atoms with Gasteiger partial charge in [0.2, 0.25) is 0 Å². The van der Waals surface area contributed by atoms with Crippen molar-refractivity contribution in [2.75, 3.05) is 7.05 Å². The number of aromatic nitrogens is 2. The summed E-state index contributed by atoms with van der Waals surface area (Å²) in [5.74, 6) is 0.427. The fourth-order valence-corrected chi connectivity index (χ4v) is 3.27. The maximum absolute atomic E-state index is 13.1. The van der Waals surface area contributed by atoms with Crippen LogP contribution >= 0.6 is 23.4 Å². The third-order valence-electron chi connectivity index (χ3n) is 2.94. The molecule has 9 heteroatoms. The van der Waals surface area contributed by atoms with Crippen LogP contribution < -0.4 is 5.43 Å². The van der Waals surface area contributed by atoms with Gasteiger partial charge in [0.25, 0.3) is 0 Å². The van der Waals surface area contributed by atoms with Gasteiger partial charge in [-0.1, -0.05) is 29.8 Å². The Morgan fingerprint density at radius 1 is 1.39 bits per heavy atom. The summed E-state index contributed by atoms with van der Waals surface area (Å²) in [4.78, 5) is 0. The van der Waals surface area contributed by atoms with Gasteiger partial charge in [-0.15, -0.1) is 11.8 Å². The van der Waals surface area contributed by atoms with Crippen LogP contribution in [0.15, 0.2) is 34.4 Å². The second-order valence-electron chi connectivity index (χ2n) is 4.55. The molecule has 4 nitrogen and oxygen atoms in total. The SMILES string of the molecule is CN/N=C/c1c(C(F)(F)F)nn(C)c1SCc1ccccc1Cl. The predicted octanol–water partition coefficient (Wildman–Crippen LogP) is 3.94. The average Bonchev–Trinajstić information content (AvgIpc) is 2.80. The average molecular weight is 363 g/mol. The molecule has 0 unspecified atom stereocenters. The summed E-state index contributed by atoms with van der Waals surface area (Å²) in [7, 11) is 2.98. The largest absolute Gasteiger partial charge is 0.435 e. The number of thioether (sulfide) groups is 1. The lowest BCUT2D eigenvalue weighted by Crippen LogP contribution is -2.10. The topological polar surface area (TPSA) is 42.2 Å². The van der Waals surface area contributed by atoms with Crippen LogP contribution in [0.5, 0.6) is 0 Å². The van der Waals surface area contributed by atoms with Gasteiger partial charge in [0, 0.05) is 24.9 Å². The van der Waals surface area contributed by atoms with Gasteiger partial charge in [-0.05, 0) is 11.6 Å². The first-order valence-corrected chi connectivity index (χ1v) is 7.91. The van der Waals surface area contributed by atoms with Crippen LogP contribution in [0.3, 0.4) is 0 Å². The van der Waals surface area contributed by atoms with Crippen LogP contribution in [0.4, 0.5) is 13.2 Å². The van der Waals surface area contributed by atoms with Gasteiger partial charge in [0.1, 0.15) is 5.03 Å². The second-order valence-corrected chi connectivity index (χ2v) is 5.92. The van der Waals surface area contributed by atoms with E-state index >= 15 is 0 Å². The Labute approximate surface area is 140 Å². The van der Waals surface area contributed by atoms with Crippen molar-refractivity contribution in [3.8, 4) is 0 Å². The molecule has 0 saturated heterocycles. The normalized spacial score (nSPS) is 12.1. The minimum Gasteiger partial charge on any atom is -0.313 e. The minimum atomic E-state index is -4.55. The van der Waals surface area contributed by atoms with Crippen molar-refractivity contribution in [3.63, 3.8) is 0 Å². The third kappa shape index (κ3) is 4.20. The van der Waals surface area contributed by atoms with Gasteiger partial charge in [-0.2, -0.15) is 23.4 Å². The fraction of sp³-hybridized carbons (Fsp3) is 0.286. The predicted molar refractivity (Wildman–Crippen MR) is 85.9 cm³/mol. The Bertz CT molecular complexity index is 713. The molecule has 0 fully saturated rings. The van der Waals surface area contributed by atoms with Crippen molar-refractivity contribution in [3.05, 3.63) is 46.1 Å². The number of benzene rings is 1. The summed E-state index contributed by atoms with van der Waals surface area (Å²) in [6, 6.07) is 7.20. The molecule has 1 N–H and O–H groups in total. The van der Waals surface area contributed by atoms with Crippen LogP contribution in [0, 0.1) is 0 Å². The molecular formula is C14H14ClF3N4S. The maximum atomic E-state index is 13.1. The summed E-state index contributed by atoms with van der Waals surface area (Å²) in [6.45, 7) is 0. The van der Waals surface area contributed by atoms with Crippen molar-refractivity contribution < 1.29 is 13.2 Å². The number of hydrazone groups is 1. The summed E-state index contributed by atoms with van der Waals surface area (Å²) >= 11 is 7.30. The second kappa shape index (κ2) is 7.27. The molecule has 2 rings (SSSR count). The molecule has 0 atom stereocenters. The maximum Gasteiger partial charge on any atom is 0.435 e. The first-order valence-electron chi connectivity index (χ1n) is 6.54. The van der Waals surface area contributed by atoms with E-state index in [1.807, 2.05) is 12.1 Å². The first kappa shape index (κ1) is 17.7. The van der Waals surface area contributed by atoms with E-state index in [0.717, 1.165) is 11.8 Å². The lowest BCUT2D eigenvalue weighted by molar-refractivity contribution is -0.141. The van der Waals surface area contributed by atoms with Crippen molar-refractivity contribution in [2.24, 2.45) is 12.1 Å². The van der Waals surface area contributed by atoms with E-state index < -0.39 is 11.9 Å². The zero-order valence-electron chi connectivity index (χ0n) is 12.4. The monoisotopic (exact) mass is 362 g/mol. The van der Waals surface area contributed by atoms with Gasteiger partial charge in [-0.25, -0.2) is 0 Å². The first-order chi connectivity index (χ1) is 10.8. The van der Waals surface area contributed by atoms with E-state index in [1.54, 1.807) is 12.1 Å². The van der Waals surface area contributed by atoms with Crippen LogP contribution in [-0.2, 0) is 19.0 Å².